The Hall–Kier alpha value is -5.40. The summed E-state index contributed by atoms with van der Waals surface area (Å²) in [6.45, 7) is 3.12. The van der Waals surface area contributed by atoms with Gasteiger partial charge in [0.25, 0.3) is 32.1 Å². The summed E-state index contributed by atoms with van der Waals surface area (Å²) >= 11 is 1.10. The molecule has 1 atom stereocenters. The van der Waals surface area contributed by atoms with Crippen molar-refractivity contribution in [3.05, 3.63) is 90.0 Å². The second-order valence-electron chi connectivity index (χ2n) is 10.8. The van der Waals surface area contributed by atoms with Crippen LogP contribution in [0.4, 0.5) is 22.7 Å². The Morgan fingerprint density at radius 3 is 2.37 bits per heavy atom. The van der Waals surface area contributed by atoms with E-state index in [4.69, 9.17) is 5.73 Å². The number of thiazole rings is 1. The lowest BCUT2D eigenvalue weighted by molar-refractivity contribution is -0.117. The van der Waals surface area contributed by atoms with Crippen LogP contribution in [0.5, 0.6) is 0 Å². The molecular weight excluding hydrogens is 695 g/mol. The van der Waals surface area contributed by atoms with Crippen LogP contribution in [0.3, 0.4) is 0 Å². The number of nitrogens with two attached hydrogens (primary N) is 1. The molecular formula is C31H25N7O8S3. The topological polar surface area (TPSA) is 234 Å². The van der Waals surface area contributed by atoms with Gasteiger partial charge in [0.2, 0.25) is 0 Å². The number of amides is 2. The van der Waals surface area contributed by atoms with E-state index in [-0.39, 0.29) is 27.5 Å². The first kappa shape index (κ1) is 33.5. The summed E-state index contributed by atoms with van der Waals surface area (Å²) in [7, 11) is -9.31. The standard InChI is InChI=1S/C31H25N7O8S3/c1-16-6-12-24-27(28(16)49(44,45)46)47-30(34-24)18-7-10-22(11-8-18)38-31(40)26(17(2)37-38)36-35-23-13-9-21(15-25(23)48(41,42)43)33-29(39)19-4-3-5-20(32)14-19/h3-15,26H,32H2,1-2H3,(H,33,39)(H,41,42,43)(H,44,45,46). The lowest BCUT2D eigenvalue weighted by Gasteiger charge is -2.13. The molecule has 0 fully saturated rings. The lowest BCUT2D eigenvalue weighted by atomic mass is 10.2. The summed E-state index contributed by atoms with van der Waals surface area (Å²) < 4.78 is 68.3. The molecule has 0 aliphatic carbocycles. The van der Waals surface area contributed by atoms with E-state index in [1.54, 1.807) is 62.4 Å². The summed E-state index contributed by atoms with van der Waals surface area (Å²) in [5, 5.41) is 16.4. The summed E-state index contributed by atoms with van der Waals surface area (Å²) in [5.74, 6) is -1.15. The number of aromatic nitrogens is 1. The molecule has 4 aromatic carbocycles. The molecule has 0 bridgehead atoms. The van der Waals surface area contributed by atoms with Crippen molar-refractivity contribution in [2.75, 3.05) is 16.1 Å². The number of benzene rings is 4. The van der Waals surface area contributed by atoms with E-state index in [0.717, 1.165) is 22.4 Å². The molecule has 1 unspecified atom stereocenters. The van der Waals surface area contributed by atoms with E-state index in [2.05, 4.69) is 25.6 Å². The number of carbonyl (C=O) groups excluding carboxylic acids is 2. The normalized spacial score (nSPS) is 15.3. The maximum atomic E-state index is 13.3. The highest BCUT2D eigenvalue weighted by molar-refractivity contribution is 7.86. The van der Waals surface area contributed by atoms with Gasteiger partial charge in [-0.2, -0.15) is 37.2 Å². The van der Waals surface area contributed by atoms with Gasteiger partial charge in [-0.15, -0.1) is 11.3 Å². The van der Waals surface area contributed by atoms with Gasteiger partial charge in [0.05, 0.1) is 21.6 Å². The van der Waals surface area contributed by atoms with Gasteiger partial charge in [0, 0.05) is 22.5 Å². The Morgan fingerprint density at radius 1 is 0.959 bits per heavy atom. The molecule has 49 heavy (non-hydrogen) atoms. The molecule has 5 N–H and O–H groups in total. The fourth-order valence-corrected chi connectivity index (χ4v) is 7.98. The smallest absolute Gasteiger partial charge is 0.296 e. The van der Waals surface area contributed by atoms with Crippen LogP contribution in [0, 0.1) is 6.92 Å². The van der Waals surface area contributed by atoms with E-state index in [1.807, 2.05) is 0 Å². The van der Waals surface area contributed by atoms with Crippen LogP contribution in [0.25, 0.3) is 20.8 Å². The SMILES string of the molecule is CC1=NN(c2ccc(-c3nc4ccc(C)c(S(=O)(=O)O)c4s3)cc2)C(=O)C1N=Nc1ccc(NC(=O)c2cccc(N)c2)cc1S(=O)(=O)O. The molecule has 0 saturated carbocycles. The number of fused-ring (bicyclic) bond motifs is 1. The maximum absolute atomic E-state index is 13.3. The van der Waals surface area contributed by atoms with E-state index >= 15 is 0 Å². The van der Waals surface area contributed by atoms with Gasteiger partial charge in [-0.05, 0) is 86.1 Å². The zero-order valence-electron chi connectivity index (χ0n) is 25.5. The van der Waals surface area contributed by atoms with Crippen molar-refractivity contribution in [2.24, 2.45) is 15.3 Å². The molecule has 0 saturated heterocycles. The number of hydrogen-bond donors (Lipinski definition) is 4. The highest BCUT2D eigenvalue weighted by atomic mass is 32.2. The molecule has 250 valence electrons. The van der Waals surface area contributed by atoms with Crippen molar-refractivity contribution in [3.63, 3.8) is 0 Å². The molecule has 1 aliphatic heterocycles. The summed E-state index contributed by atoms with van der Waals surface area (Å²) in [5.41, 5.74) is 8.12. The van der Waals surface area contributed by atoms with Crippen LogP contribution < -0.4 is 16.1 Å². The van der Waals surface area contributed by atoms with Gasteiger partial charge >= 0.3 is 0 Å². The van der Waals surface area contributed by atoms with Crippen LogP contribution in [0.2, 0.25) is 0 Å². The quantitative estimate of drug-likeness (QED) is 0.0896. The number of hydrogen-bond acceptors (Lipinski definition) is 12. The number of rotatable bonds is 8. The third-order valence-electron chi connectivity index (χ3n) is 7.35. The van der Waals surface area contributed by atoms with E-state index < -0.39 is 43.0 Å². The molecule has 6 rings (SSSR count). The van der Waals surface area contributed by atoms with Crippen LogP contribution in [0.15, 0.2) is 104 Å². The molecule has 0 spiro atoms. The Morgan fingerprint density at radius 2 is 1.69 bits per heavy atom. The average Bonchev–Trinajstić information content (AvgIpc) is 3.59. The third kappa shape index (κ3) is 6.80. The first-order valence-electron chi connectivity index (χ1n) is 14.2. The number of anilines is 3. The Kier molecular flexibility index (Phi) is 8.59. The number of aryl methyl sites for hydroxylation is 1. The van der Waals surface area contributed by atoms with Crippen molar-refractivity contribution in [3.8, 4) is 10.6 Å². The van der Waals surface area contributed by atoms with Crippen molar-refractivity contribution in [1.82, 2.24) is 4.98 Å². The zero-order chi connectivity index (χ0) is 35.2. The van der Waals surface area contributed by atoms with Crippen molar-refractivity contribution < 1.29 is 35.5 Å². The van der Waals surface area contributed by atoms with Crippen LogP contribution in [-0.2, 0) is 25.0 Å². The largest absolute Gasteiger partial charge is 0.399 e. The van der Waals surface area contributed by atoms with Gasteiger partial charge < -0.3 is 11.1 Å². The van der Waals surface area contributed by atoms with Gasteiger partial charge in [-0.25, -0.2) is 4.98 Å². The average molecular weight is 720 g/mol. The third-order valence-corrected chi connectivity index (χ3v) is 10.5. The Balaban J connectivity index is 1.21. The molecule has 15 nitrogen and oxygen atoms in total. The highest BCUT2D eigenvalue weighted by Crippen LogP contribution is 2.37. The molecule has 1 aliphatic rings. The number of nitrogen functional groups attached to an aromatic ring is 1. The van der Waals surface area contributed by atoms with Gasteiger partial charge in [0.1, 0.15) is 20.5 Å². The van der Waals surface area contributed by atoms with Crippen LogP contribution >= 0.6 is 11.3 Å². The predicted molar refractivity (Wildman–Crippen MR) is 184 cm³/mol. The summed E-state index contributed by atoms with van der Waals surface area (Å²) in [6.07, 6.45) is 0. The van der Waals surface area contributed by atoms with Crippen molar-refractivity contribution in [2.45, 2.75) is 29.7 Å². The second kappa shape index (κ2) is 12.6. The second-order valence-corrected chi connectivity index (χ2v) is 14.6. The molecule has 18 heteroatoms. The number of azo groups is 1. The van der Waals surface area contributed by atoms with Gasteiger partial charge in [-0.3, -0.25) is 18.7 Å². The predicted octanol–water partition coefficient (Wildman–Crippen LogP) is 5.47. The first-order chi connectivity index (χ1) is 23.1. The van der Waals surface area contributed by atoms with Crippen LogP contribution in [-0.4, -0.2) is 54.5 Å². The minimum atomic E-state index is -4.83. The molecule has 5 aromatic rings. The fraction of sp³-hybridized carbons (Fsp3) is 0.0968. The number of carbonyl (C=O) groups is 2. The van der Waals surface area contributed by atoms with Gasteiger partial charge in [0.15, 0.2) is 6.04 Å². The van der Waals surface area contributed by atoms with E-state index in [9.17, 15) is 35.5 Å². The Labute approximate surface area is 283 Å². The number of nitrogens with one attached hydrogen (secondary N) is 1. The minimum Gasteiger partial charge on any atom is -0.399 e. The lowest BCUT2D eigenvalue weighted by Crippen LogP contribution is -2.29. The summed E-state index contributed by atoms with van der Waals surface area (Å²) in [6, 6.07) is 18.3. The molecule has 2 heterocycles. The molecule has 2 amide bonds. The highest BCUT2D eigenvalue weighted by Gasteiger charge is 2.35. The molecule has 0 radical (unpaired) electrons. The van der Waals surface area contributed by atoms with E-state index in [1.165, 1.54) is 24.3 Å². The zero-order valence-corrected chi connectivity index (χ0v) is 27.9. The van der Waals surface area contributed by atoms with E-state index in [0.29, 0.717) is 37.7 Å². The fourth-order valence-electron chi connectivity index (χ4n) is 5.01. The minimum absolute atomic E-state index is 0.0446. The molecule has 1 aromatic heterocycles. The van der Waals surface area contributed by atoms with Crippen molar-refractivity contribution in [1.29, 1.82) is 0 Å². The number of hydrazone groups is 1. The van der Waals surface area contributed by atoms with Crippen molar-refractivity contribution >= 4 is 82.1 Å². The first-order valence-corrected chi connectivity index (χ1v) is 17.9. The maximum Gasteiger partial charge on any atom is 0.296 e. The monoisotopic (exact) mass is 719 g/mol. The number of nitrogens with zero attached hydrogens (tertiary/aromatic N) is 5. The van der Waals surface area contributed by atoms with Crippen LogP contribution in [0.1, 0.15) is 22.8 Å². The van der Waals surface area contributed by atoms with Gasteiger partial charge in [-0.1, -0.05) is 12.1 Å². The summed E-state index contributed by atoms with van der Waals surface area (Å²) in [4.78, 5) is 29.6. The Bertz CT molecular complexity index is 2460.